The van der Waals surface area contributed by atoms with Crippen LogP contribution in [0, 0.1) is 5.92 Å². The van der Waals surface area contributed by atoms with Crippen LogP contribution in [0.3, 0.4) is 0 Å². The fraction of sp³-hybridized carbons (Fsp3) is 0.562. The van der Waals surface area contributed by atoms with E-state index >= 15 is 0 Å². The van der Waals surface area contributed by atoms with E-state index in [9.17, 15) is 9.90 Å². The van der Waals surface area contributed by atoms with Gasteiger partial charge in [-0.1, -0.05) is 41.4 Å². The molecule has 0 amide bonds. The van der Waals surface area contributed by atoms with E-state index in [1.165, 1.54) is 0 Å². The molecule has 0 aromatic heterocycles. The molecule has 1 rings (SSSR count). The van der Waals surface area contributed by atoms with E-state index in [2.05, 4.69) is 15.9 Å². The molecule has 0 saturated heterocycles. The molecular formula is C16H23BrO3. The highest BCUT2D eigenvalue weighted by Gasteiger charge is 2.37. The lowest BCUT2D eigenvalue weighted by Gasteiger charge is -2.31. The second-order valence-corrected chi connectivity index (χ2v) is 6.17. The van der Waals surface area contributed by atoms with Crippen molar-refractivity contribution < 1.29 is 14.6 Å². The third-order valence-electron chi connectivity index (χ3n) is 3.37. The summed E-state index contributed by atoms with van der Waals surface area (Å²) < 4.78 is 6.09. The Balaban J connectivity index is 2.86. The van der Waals surface area contributed by atoms with Crippen molar-refractivity contribution in [3.63, 3.8) is 0 Å². The smallest absolute Gasteiger partial charge is 0.311 e. The number of aliphatic hydroxyl groups is 1. The molecule has 0 aliphatic carbocycles. The topological polar surface area (TPSA) is 46.5 Å². The minimum absolute atomic E-state index is 0.309. The number of hydrogen-bond acceptors (Lipinski definition) is 3. The predicted molar refractivity (Wildman–Crippen MR) is 83.5 cm³/mol. The van der Waals surface area contributed by atoms with Gasteiger partial charge in [0.25, 0.3) is 0 Å². The first-order valence-electron chi connectivity index (χ1n) is 7.04. The Kier molecular flexibility index (Phi) is 6.69. The van der Waals surface area contributed by atoms with Crippen molar-refractivity contribution in [3.8, 4) is 0 Å². The Morgan fingerprint density at radius 2 is 1.95 bits per heavy atom. The molecule has 1 aromatic rings. The molecule has 20 heavy (non-hydrogen) atoms. The van der Waals surface area contributed by atoms with Gasteiger partial charge in [0.15, 0.2) is 0 Å². The molecule has 2 unspecified atom stereocenters. The van der Waals surface area contributed by atoms with Gasteiger partial charge in [0.1, 0.15) is 0 Å². The highest BCUT2D eigenvalue weighted by Crippen LogP contribution is 2.28. The summed E-state index contributed by atoms with van der Waals surface area (Å²) in [7, 11) is 0. The van der Waals surface area contributed by atoms with Crippen LogP contribution >= 0.6 is 15.9 Å². The van der Waals surface area contributed by atoms with Gasteiger partial charge < -0.3 is 9.84 Å². The van der Waals surface area contributed by atoms with Crippen LogP contribution < -0.4 is 0 Å². The molecule has 112 valence electrons. The number of esters is 1. The van der Waals surface area contributed by atoms with Crippen LogP contribution in [0.15, 0.2) is 28.7 Å². The third kappa shape index (κ3) is 4.91. The molecule has 2 atom stereocenters. The van der Waals surface area contributed by atoms with E-state index in [0.717, 1.165) is 16.5 Å². The first-order chi connectivity index (χ1) is 9.40. The van der Waals surface area contributed by atoms with E-state index in [4.69, 9.17) is 4.74 Å². The molecular weight excluding hydrogens is 320 g/mol. The zero-order valence-corrected chi connectivity index (χ0v) is 13.9. The average molecular weight is 343 g/mol. The quantitative estimate of drug-likeness (QED) is 0.768. The van der Waals surface area contributed by atoms with Gasteiger partial charge in [0, 0.05) is 10.9 Å². The van der Waals surface area contributed by atoms with Gasteiger partial charge in [-0.2, -0.15) is 0 Å². The zero-order valence-electron chi connectivity index (χ0n) is 12.4. The minimum Gasteiger partial charge on any atom is -0.466 e. The second kappa shape index (κ2) is 7.79. The molecule has 3 nitrogen and oxygen atoms in total. The molecule has 0 fully saturated rings. The lowest BCUT2D eigenvalue weighted by atomic mass is 9.81. The normalized spacial score (nSPS) is 15.4. The largest absolute Gasteiger partial charge is 0.466 e. The maximum atomic E-state index is 12.0. The lowest BCUT2D eigenvalue weighted by molar-refractivity contribution is -0.157. The second-order valence-electron chi connectivity index (χ2n) is 5.25. The number of ether oxygens (including phenoxy) is 1. The Hall–Kier alpha value is -0.870. The zero-order chi connectivity index (χ0) is 15.2. The molecule has 0 heterocycles. The van der Waals surface area contributed by atoms with Crippen molar-refractivity contribution in [2.45, 2.75) is 45.6 Å². The summed E-state index contributed by atoms with van der Waals surface area (Å²) in [4.78, 5) is 12.0. The SMILES string of the molecule is CCCC(C(=O)OCC)C(C)(O)Cc1ccc(Br)cc1. The summed E-state index contributed by atoms with van der Waals surface area (Å²) >= 11 is 3.39. The monoisotopic (exact) mass is 342 g/mol. The van der Waals surface area contributed by atoms with Gasteiger partial charge >= 0.3 is 5.97 Å². The fourth-order valence-electron chi connectivity index (χ4n) is 2.35. The van der Waals surface area contributed by atoms with E-state index < -0.39 is 11.5 Å². The van der Waals surface area contributed by atoms with Crippen LogP contribution in [0.1, 0.15) is 39.2 Å². The van der Waals surface area contributed by atoms with Crippen molar-refractivity contribution >= 4 is 21.9 Å². The van der Waals surface area contributed by atoms with Gasteiger partial charge in [-0.25, -0.2) is 0 Å². The average Bonchev–Trinajstić information content (AvgIpc) is 2.38. The fourth-order valence-corrected chi connectivity index (χ4v) is 2.62. The first kappa shape index (κ1) is 17.2. The molecule has 0 aliphatic heterocycles. The first-order valence-corrected chi connectivity index (χ1v) is 7.83. The van der Waals surface area contributed by atoms with Gasteiger partial charge in [0.05, 0.1) is 18.1 Å². The van der Waals surface area contributed by atoms with Crippen LogP contribution in [0.4, 0.5) is 0 Å². The molecule has 1 aromatic carbocycles. The van der Waals surface area contributed by atoms with Crippen LogP contribution in [0.5, 0.6) is 0 Å². The van der Waals surface area contributed by atoms with Crippen LogP contribution in [0.25, 0.3) is 0 Å². The molecule has 0 saturated carbocycles. The highest BCUT2D eigenvalue weighted by molar-refractivity contribution is 9.10. The Morgan fingerprint density at radius 1 is 1.35 bits per heavy atom. The van der Waals surface area contributed by atoms with Crippen LogP contribution in [-0.2, 0) is 16.0 Å². The summed E-state index contributed by atoms with van der Waals surface area (Å²) in [6.07, 6.45) is 1.89. The minimum atomic E-state index is -1.10. The highest BCUT2D eigenvalue weighted by atomic mass is 79.9. The number of carbonyl (C=O) groups is 1. The Labute approximate surface area is 129 Å². The summed E-state index contributed by atoms with van der Waals surface area (Å²) in [6, 6.07) is 7.77. The van der Waals surface area contributed by atoms with E-state index in [-0.39, 0.29) is 5.97 Å². The van der Waals surface area contributed by atoms with Crippen molar-refractivity contribution in [1.29, 1.82) is 0 Å². The molecule has 1 N–H and O–H groups in total. The molecule has 0 spiro atoms. The number of rotatable bonds is 7. The number of carbonyl (C=O) groups excluding carboxylic acids is 1. The lowest BCUT2D eigenvalue weighted by Crippen LogP contribution is -2.42. The van der Waals surface area contributed by atoms with Crippen molar-refractivity contribution in [3.05, 3.63) is 34.3 Å². The third-order valence-corrected chi connectivity index (χ3v) is 3.90. The standard InChI is InChI=1S/C16H23BrO3/c1-4-6-14(15(18)20-5-2)16(3,19)11-12-7-9-13(17)10-8-12/h7-10,14,19H,4-6,11H2,1-3H3. The van der Waals surface area contributed by atoms with E-state index in [0.29, 0.717) is 19.4 Å². The summed E-state index contributed by atoms with van der Waals surface area (Å²) in [5, 5.41) is 10.7. The van der Waals surface area contributed by atoms with E-state index in [1.54, 1.807) is 13.8 Å². The van der Waals surface area contributed by atoms with Crippen molar-refractivity contribution in [2.75, 3.05) is 6.61 Å². The molecule has 0 radical (unpaired) electrons. The van der Waals surface area contributed by atoms with E-state index in [1.807, 2.05) is 31.2 Å². The van der Waals surface area contributed by atoms with Crippen molar-refractivity contribution in [1.82, 2.24) is 0 Å². The summed E-state index contributed by atoms with van der Waals surface area (Å²) in [5.74, 6) is -0.799. The van der Waals surface area contributed by atoms with Gasteiger partial charge in [-0.3, -0.25) is 4.79 Å². The van der Waals surface area contributed by atoms with Crippen LogP contribution in [-0.4, -0.2) is 23.3 Å². The Bertz CT molecular complexity index is 426. The number of hydrogen-bond donors (Lipinski definition) is 1. The maximum absolute atomic E-state index is 12.0. The van der Waals surface area contributed by atoms with Crippen molar-refractivity contribution in [2.24, 2.45) is 5.92 Å². The number of halogens is 1. The molecule has 0 aliphatic rings. The van der Waals surface area contributed by atoms with Gasteiger partial charge in [-0.15, -0.1) is 0 Å². The summed E-state index contributed by atoms with van der Waals surface area (Å²) in [6.45, 7) is 5.84. The van der Waals surface area contributed by atoms with Crippen LogP contribution in [0.2, 0.25) is 0 Å². The van der Waals surface area contributed by atoms with Gasteiger partial charge in [0.2, 0.25) is 0 Å². The van der Waals surface area contributed by atoms with Gasteiger partial charge in [-0.05, 0) is 38.0 Å². The summed E-state index contributed by atoms with van der Waals surface area (Å²) in [5.41, 5.74) is -0.0978. The molecule has 0 bridgehead atoms. The molecule has 4 heteroatoms. The maximum Gasteiger partial charge on any atom is 0.311 e. The Morgan fingerprint density at radius 3 is 2.45 bits per heavy atom. The predicted octanol–water partition coefficient (Wildman–Crippen LogP) is 3.72. The number of benzene rings is 1.